The minimum atomic E-state index is -0.327. The zero-order valence-corrected chi connectivity index (χ0v) is 13.3. The number of hydrogen-bond donors (Lipinski definition) is 1. The maximum atomic E-state index is 9.92. The summed E-state index contributed by atoms with van der Waals surface area (Å²) in [6.07, 6.45) is 4.54. The zero-order valence-electron chi connectivity index (χ0n) is 13.3. The van der Waals surface area contributed by atoms with Crippen molar-refractivity contribution >= 4 is 5.69 Å². The van der Waals surface area contributed by atoms with E-state index >= 15 is 0 Å². The van der Waals surface area contributed by atoms with Crippen molar-refractivity contribution in [2.45, 2.75) is 57.7 Å². The molecule has 2 saturated heterocycles. The monoisotopic (exact) mass is 288 g/mol. The minimum absolute atomic E-state index is 0.327. The summed E-state index contributed by atoms with van der Waals surface area (Å²) in [6.45, 7) is 7.97. The Balaban J connectivity index is 1.73. The van der Waals surface area contributed by atoms with Gasteiger partial charge in [-0.25, -0.2) is 0 Å². The summed E-state index contributed by atoms with van der Waals surface area (Å²) in [5.74, 6) is 0. The van der Waals surface area contributed by atoms with Gasteiger partial charge in [0.2, 0.25) is 0 Å². The van der Waals surface area contributed by atoms with Crippen molar-refractivity contribution in [2.75, 3.05) is 24.5 Å². The smallest absolute Gasteiger partial charge is 0.0787 e. The number of hydrogen-bond acceptors (Lipinski definition) is 3. The van der Waals surface area contributed by atoms with Crippen molar-refractivity contribution in [3.63, 3.8) is 0 Å². The summed E-state index contributed by atoms with van der Waals surface area (Å²) in [6, 6.07) is 9.84. The summed E-state index contributed by atoms with van der Waals surface area (Å²) in [4.78, 5) is 5.23. The lowest BCUT2D eigenvalue weighted by Crippen LogP contribution is -2.58. The van der Waals surface area contributed by atoms with E-state index in [9.17, 15) is 5.11 Å². The maximum Gasteiger partial charge on any atom is 0.0787 e. The number of aliphatic hydroxyl groups is 1. The summed E-state index contributed by atoms with van der Waals surface area (Å²) in [5.41, 5.74) is 2.34. The Morgan fingerprint density at radius 3 is 2.67 bits per heavy atom. The van der Waals surface area contributed by atoms with Crippen LogP contribution >= 0.6 is 0 Å². The molecule has 2 aliphatic rings. The average molecular weight is 288 g/mol. The Morgan fingerprint density at radius 2 is 1.95 bits per heavy atom. The summed E-state index contributed by atoms with van der Waals surface area (Å²) in [5, 5.41) is 9.92. The highest BCUT2D eigenvalue weighted by atomic mass is 16.3. The molecule has 0 aromatic heterocycles. The van der Waals surface area contributed by atoms with Crippen LogP contribution < -0.4 is 4.90 Å². The molecule has 0 bridgehead atoms. The van der Waals surface area contributed by atoms with Crippen molar-refractivity contribution in [1.29, 1.82) is 0 Å². The molecule has 2 unspecified atom stereocenters. The van der Waals surface area contributed by atoms with Gasteiger partial charge in [-0.2, -0.15) is 0 Å². The topological polar surface area (TPSA) is 26.7 Å². The van der Waals surface area contributed by atoms with Crippen molar-refractivity contribution in [2.24, 2.45) is 0 Å². The van der Waals surface area contributed by atoms with Crippen molar-refractivity contribution in [3.05, 3.63) is 29.8 Å². The number of piperazine rings is 1. The maximum absolute atomic E-state index is 9.92. The van der Waals surface area contributed by atoms with Crippen LogP contribution in [-0.4, -0.2) is 41.7 Å². The molecule has 1 N–H and O–H groups in total. The SMILES string of the molecule is CC[C@@H](O)c1ccc(N2CC3CCCCN3CC2C)cc1. The molecule has 2 fully saturated rings. The van der Waals surface area contributed by atoms with Crippen LogP contribution in [0.3, 0.4) is 0 Å². The highest BCUT2D eigenvalue weighted by molar-refractivity contribution is 5.49. The van der Waals surface area contributed by atoms with Crippen molar-refractivity contribution in [3.8, 4) is 0 Å². The van der Waals surface area contributed by atoms with Crippen LogP contribution in [0.5, 0.6) is 0 Å². The Labute approximate surface area is 128 Å². The van der Waals surface area contributed by atoms with Gasteiger partial charge in [0, 0.05) is 30.9 Å². The van der Waals surface area contributed by atoms with Gasteiger partial charge in [-0.3, -0.25) is 4.90 Å². The average Bonchev–Trinajstić information content (AvgIpc) is 2.53. The molecule has 3 heteroatoms. The van der Waals surface area contributed by atoms with Gasteiger partial charge < -0.3 is 10.0 Å². The van der Waals surface area contributed by atoms with E-state index < -0.39 is 0 Å². The Morgan fingerprint density at radius 1 is 1.19 bits per heavy atom. The number of aliphatic hydroxyl groups excluding tert-OH is 1. The molecule has 21 heavy (non-hydrogen) atoms. The molecule has 0 spiro atoms. The Hall–Kier alpha value is -1.06. The molecule has 2 aliphatic heterocycles. The predicted molar refractivity (Wildman–Crippen MR) is 87.7 cm³/mol. The molecule has 1 aromatic carbocycles. The Bertz CT molecular complexity index is 459. The first-order chi connectivity index (χ1) is 10.2. The van der Waals surface area contributed by atoms with Crippen LogP contribution in [0.2, 0.25) is 0 Å². The largest absolute Gasteiger partial charge is 0.388 e. The second kappa shape index (κ2) is 6.37. The zero-order chi connectivity index (χ0) is 14.8. The molecule has 3 atom stereocenters. The molecule has 2 heterocycles. The van der Waals surface area contributed by atoms with E-state index in [1.807, 2.05) is 6.92 Å². The molecule has 0 aliphatic carbocycles. The van der Waals surface area contributed by atoms with Crippen molar-refractivity contribution in [1.82, 2.24) is 4.90 Å². The molecule has 1 aromatic rings. The van der Waals surface area contributed by atoms with Crippen LogP contribution in [0.1, 0.15) is 51.2 Å². The molecule has 0 saturated carbocycles. The fourth-order valence-corrected chi connectivity index (χ4v) is 3.84. The van der Waals surface area contributed by atoms with Gasteiger partial charge in [0.05, 0.1) is 6.10 Å². The molecule has 3 nitrogen and oxygen atoms in total. The number of benzene rings is 1. The van der Waals surface area contributed by atoms with E-state index in [4.69, 9.17) is 0 Å². The number of piperidine rings is 1. The third-order valence-electron chi connectivity index (χ3n) is 5.18. The van der Waals surface area contributed by atoms with Gasteiger partial charge in [-0.1, -0.05) is 25.5 Å². The Kier molecular flexibility index (Phi) is 4.51. The minimum Gasteiger partial charge on any atom is -0.388 e. The second-order valence-corrected chi connectivity index (χ2v) is 6.66. The first-order valence-electron chi connectivity index (χ1n) is 8.47. The summed E-state index contributed by atoms with van der Waals surface area (Å²) >= 11 is 0. The van der Waals surface area contributed by atoms with Crippen LogP contribution in [-0.2, 0) is 0 Å². The van der Waals surface area contributed by atoms with E-state index in [2.05, 4.69) is 41.0 Å². The molecule has 116 valence electrons. The molecule has 0 amide bonds. The lowest BCUT2D eigenvalue weighted by molar-refractivity contribution is 0.115. The van der Waals surface area contributed by atoms with Gasteiger partial charge in [-0.05, 0) is 50.4 Å². The van der Waals surface area contributed by atoms with Gasteiger partial charge in [0.25, 0.3) is 0 Å². The quantitative estimate of drug-likeness (QED) is 0.925. The number of nitrogens with zero attached hydrogens (tertiary/aromatic N) is 2. The third-order valence-corrected chi connectivity index (χ3v) is 5.18. The van der Waals surface area contributed by atoms with Gasteiger partial charge in [0.1, 0.15) is 0 Å². The normalized spacial score (nSPS) is 28.2. The molecule has 0 radical (unpaired) electrons. The highest BCUT2D eigenvalue weighted by Gasteiger charge is 2.32. The number of anilines is 1. The van der Waals surface area contributed by atoms with E-state index in [0.717, 1.165) is 24.6 Å². The lowest BCUT2D eigenvalue weighted by atomic mass is 9.96. The van der Waals surface area contributed by atoms with Crippen LogP contribution in [0.25, 0.3) is 0 Å². The first-order valence-corrected chi connectivity index (χ1v) is 8.47. The van der Waals surface area contributed by atoms with Gasteiger partial charge in [-0.15, -0.1) is 0 Å². The first kappa shape index (κ1) is 14.9. The predicted octanol–water partition coefficient (Wildman–Crippen LogP) is 3.19. The van der Waals surface area contributed by atoms with Crippen molar-refractivity contribution < 1.29 is 5.11 Å². The number of fused-ring (bicyclic) bond motifs is 1. The van der Waals surface area contributed by atoms with E-state index in [1.54, 1.807) is 0 Å². The fourth-order valence-electron chi connectivity index (χ4n) is 3.84. The number of rotatable bonds is 3. The van der Waals surface area contributed by atoms with E-state index in [0.29, 0.717) is 6.04 Å². The van der Waals surface area contributed by atoms with E-state index in [1.165, 1.54) is 38.0 Å². The fraction of sp³-hybridized carbons (Fsp3) is 0.667. The van der Waals surface area contributed by atoms with Crippen LogP contribution in [0.15, 0.2) is 24.3 Å². The second-order valence-electron chi connectivity index (χ2n) is 6.66. The standard InChI is InChI=1S/C18H28N2O/c1-3-18(21)15-7-9-16(10-8-15)20-13-17-6-4-5-11-19(17)12-14(20)2/h7-10,14,17-18,21H,3-6,11-13H2,1-2H3/t14?,17?,18-/m1/s1. The summed E-state index contributed by atoms with van der Waals surface area (Å²) in [7, 11) is 0. The van der Waals surface area contributed by atoms with Gasteiger partial charge in [0.15, 0.2) is 0 Å². The third kappa shape index (κ3) is 3.09. The molecular formula is C18H28N2O. The lowest BCUT2D eigenvalue weighted by Gasteiger charge is -2.48. The van der Waals surface area contributed by atoms with E-state index in [-0.39, 0.29) is 6.10 Å². The molecule has 3 rings (SSSR count). The van der Waals surface area contributed by atoms with Gasteiger partial charge >= 0.3 is 0 Å². The van der Waals surface area contributed by atoms with Crippen LogP contribution in [0.4, 0.5) is 5.69 Å². The summed E-state index contributed by atoms with van der Waals surface area (Å²) < 4.78 is 0. The molecular weight excluding hydrogens is 260 g/mol. The highest BCUT2D eigenvalue weighted by Crippen LogP contribution is 2.29. The van der Waals surface area contributed by atoms with Crippen LogP contribution in [0, 0.1) is 0 Å².